The molecule has 0 unspecified atom stereocenters. The third-order valence-corrected chi connectivity index (χ3v) is 9.23. The van der Waals surface area contributed by atoms with Gasteiger partial charge in [-0.1, -0.05) is 35.9 Å². The lowest BCUT2D eigenvalue weighted by atomic mass is 9.99. The van der Waals surface area contributed by atoms with Crippen molar-refractivity contribution in [3.63, 3.8) is 0 Å². The van der Waals surface area contributed by atoms with E-state index in [-0.39, 0.29) is 38.2 Å². The first-order valence-electron chi connectivity index (χ1n) is 11.9. The number of pyridine rings is 1. The van der Waals surface area contributed by atoms with Gasteiger partial charge in [0.1, 0.15) is 16.4 Å². The zero-order valence-electron chi connectivity index (χ0n) is 20.4. The number of aryl methyl sites for hydroxylation is 1. The predicted molar refractivity (Wildman–Crippen MR) is 140 cm³/mol. The Hall–Kier alpha value is -3.54. The van der Waals surface area contributed by atoms with Gasteiger partial charge in [0.2, 0.25) is 0 Å². The molecule has 198 valence electrons. The van der Waals surface area contributed by atoms with Crippen LogP contribution in [0.4, 0.5) is 4.39 Å². The minimum atomic E-state index is -4.35. The van der Waals surface area contributed by atoms with Crippen LogP contribution < -0.4 is 0 Å². The highest BCUT2D eigenvalue weighted by Crippen LogP contribution is 2.33. The molecular formula is C27H25FN2O6S2. The van der Waals surface area contributed by atoms with Crippen molar-refractivity contribution in [3.05, 3.63) is 96.1 Å². The van der Waals surface area contributed by atoms with Gasteiger partial charge in [0.15, 0.2) is 11.4 Å². The van der Waals surface area contributed by atoms with Gasteiger partial charge in [-0.05, 0) is 68.2 Å². The van der Waals surface area contributed by atoms with E-state index >= 15 is 0 Å². The molecule has 3 heterocycles. The van der Waals surface area contributed by atoms with Crippen LogP contribution in [0.2, 0.25) is 0 Å². The second-order valence-corrected chi connectivity index (χ2v) is 12.3. The topological polar surface area (TPSA) is 105 Å². The number of allylic oxidation sites excluding steroid dienone is 1. The zero-order valence-corrected chi connectivity index (χ0v) is 22.1. The summed E-state index contributed by atoms with van der Waals surface area (Å²) in [7, 11) is -8.64. The van der Waals surface area contributed by atoms with E-state index < -0.39 is 26.0 Å². The number of nitrogens with zero attached hydrogens (tertiary/aromatic N) is 2. The first kappa shape index (κ1) is 26.1. The van der Waals surface area contributed by atoms with Gasteiger partial charge in [0.25, 0.3) is 10.0 Å². The fourth-order valence-electron chi connectivity index (χ4n) is 4.28. The molecule has 0 radical (unpaired) electrons. The maximum absolute atomic E-state index is 14.1. The van der Waals surface area contributed by atoms with E-state index in [2.05, 4.69) is 4.98 Å². The van der Waals surface area contributed by atoms with Gasteiger partial charge in [0, 0.05) is 18.6 Å². The SMILES string of the molecule is Cc1ccc(S(=O)(=O)OC(=CC2CCOCC2)c2cc3cc(F)cnc3n2S(=O)(=O)c2ccccc2)cc1. The zero-order chi connectivity index (χ0) is 26.9. The van der Waals surface area contributed by atoms with Gasteiger partial charge in [-0.15, -0.1) is 0 Å². The van der Waals surface area contributed by atoms with Crippen molar-refractivity contribution in [2.24, 2.45) is 5.92 Å². The minimum absolute atomic E-state index is 0.0447. The summed E-state index contributed by atoms with van der Waals surface area (Å²) >= 11 is 0. The molecule has 5 rings (SSSR count). The van der Waals surface area contributed by atoms with Gasteiger partial charge in [-0.3, -0.25) is 0 Å². The normalized spacial score (nSPS) is 15.6. The van der Waals surface area contributed by atoms with Crippen LogP contribution in [-0.4, -0.2) is 39.0 Å². The Morgan fingerprint density at radius 3 is 2.37 bits per heavy atom. The number of ether oxygens (including phenoxy) is 1. The van der Waals surface area contributed by atoms with Gasteiger partial charge in [-0.2, -0.15) is 8.42 Å². The highest BCUT2D eigenvalue weighted by molar-refractivity contribution is 7.90. The fraction of sp³-hybridized carbons (Fsp3) is 0.222. The predicted octanol–water partition coefficient (Wildman–Crippen LogP) is 4.89. The first-order chi connectivity index (χ1) is 18.1. The summed E-state index contributed by atoms with van der Waals surface area (Å²) < 4.78 is 80.5. The lowest BCUT2D eigenvalue weighted by molar-refractivity contribution is 0.0784. The molecule has 0 spiro atoms. The molecule has 11 heteroatoms. The third kappa shape index (κ3) is 5.22. The van der Waals surface area contributed by atoms with Crippen LogP contribution in [-0.2, 0) is 29.1 Å². The molecule has 1 aliphatic rings. The molecule has 0 amide bonds. The molecule has 1 fully saturated rings. The van der Waals surface area contributed by atoms with Gasteiger partial charge < -0.3 is 8.92 Å². The number of halogens is 1. The fourth-order valence-corrected chi connectivity index (χ4v) is 6.72. The first-order valence-corrected chi connectivity index (χ1v) is 14.8. The van der Waals surface area contributed by atoms with Gasteiger partial charge in [-0.25, -0.2) is 21.8 Å². The Morgan fingerprint density at radius 2 is 1.68 bits per heavy atom. The molecule has 0 saturated carbocycles. The van der Waals surface area contributed by atoms with Crippen LogP contribution in [0.1, 0.15) is 24.1 Å². The van der Waals surface area contributed by atoms with Gasteiger partial charge in [0.05, 0.1) is 11.1 Å². The third-order valence-electron chi connectivity index (χ3n) is 6.26. The molecule has 0 N–H and O–H groups in total. The number of benzene rings is 2. The lowest BCUT2D eigenvalue weighted by Crippen LogP contribution is -2.19. The standard InChI is InChI=1S/C27H25FN2O6S2/c1-19-7-9-24(10-8-19)38(33,34)36-26(15-20-11-13-35-14-12-20)25-17-21-16-22(28)18-29-27(21)30(25)37(31,32)23-5-3-2-4-6-23/h2-10,15-18,20H,11-14H2,1H3. The van der Waals surface area contributed by atoms with E-state index in [1.165, 1.54) is 30.3 Å². The maximum atomic E-state index is 14.1. The Kier molecular flexibility index (Phi) is 7.08. The summed E-state index contributed by atoms with van der Waals surface area (Å²) in [5, 5.41) is 0.175. The van der Waals surface area contributed by atoms with Crippen molar-refractivity contribution >= 4 is 36.9 Å². The Balaban J connectivity index is 1.73. The van der Waals surface area contributed by atoms with Crippen LogP contribution >= 0.6 is 0 Å². The molecule has 0 bridgehead atoms. The number of hydrogen-bond acceptors (Lipinski definition) is 7. The Labute approximate surface area is 220 Å². The summed E-state index contributed by atoms with van der Waals surface area (Å²) in [5.74, 6) is -0.987. The van der Waals surface area contributed by atoms with Gasteiger partial charge >= 0.3 is 10.1 Å². The average Bonchev–Trinajstić information content (AvgIpc) is 3.29. The quantitative estimate of drug-likeness (QED) is 0.236. The van der Waals surface area contributed by atoms with Crippen molar-refractivity contribution in [2.45, 2.75) is 29.6 Å². The highest BCUT2D eigenvalue weighted by atomic mass is 32.2. The molecule has 0 aliphatic carbocycles. The van der Waals surface area contributed by atoms with Crippen LogP contribution in [0.5, 0.6) is 0 Å². The second kappa shape index (κ2) is 10.3. The lowest BCUT2D eigenvalue weighted by Gasteiger charge is -2.21. The molecule has 38 heavy (non-hydrogen) atoms. The summed E-state index contributed by atoms with van der Waals surface area (Å²) in [6.45, 7) is 2.77. The van der Waals surface area contributed by atoms with Crippen LogP contribution in [0.25, 0.3) is 16.8 Å². The van der Waals surface area contributed by atoms with Crippen molar-refractivity contribution in [3.8, 4) is 0 Å². The Bertz CT molecular complexity index is 1710. The van der Waals surface area contributed by atoms with Crippen molar-refractivity contribution < 1.29 is 30.1 Å². The molecule has 1 saturated heterocycles. The van der Waals surface area contributed by atoms with Crippen molar-refractivity contribution in [1.82, 2.24) is 8.96 Å². The molecule has 8 nitrogen and oxygen atoms in total. The molecule has 2 aromatic heterocycles. The summed E-state index contributed by atoms with van der Waals surface area (Å²) in [6.07, 6.45) is 3.71. The second-order valence-electron chi connectivity index (χ2n) is 9.01. The highest BCUT2D eigenvalue weighted by Gasteiger charge is 2.30. The van der Waals surface area contributed by atoms with E-state index in [0.717, 1.165) is 21.8 Å². The molecule has 1 aliphatic heterocycles. The van der Waals surface area contributed by atoms with E-state index in [1.807, 2.05) is 6.92 Å². The minimum Gasteiger partial charge on any atom is -0.381 e. The van der Waals surface area contributed by atoms with Crippen LogP contribution in [0.3, 0.4) is 0 Å². The number of rotatable bonds is 7. The van der Waals surface area contributed by atoms with Crippen molar-refractivity contribution in [1.29, 1.82) is 0 Å². The summed E-state index contributed by atoms with van der Waals surface area (Å²) in [4.78, 5) is 3.91. The maximum Gasteiger partial charge on any atom is 0.339 e. The smallest absolute Gasteiger partial charge is 0.339 e. The molecular weight excluding hydrogens is 531 g/mol. The number of aromatic nitrogens is 2. The summed E-state index contributed by atoms with van der Waals surface area (Å²) in [5.41, 5.74) is 0.729. The van der Waals surface area contributed by atoms with E-state index in [9.17, 15) is 21.2 Å². The molecule has 2 aromatic carbocycles. The van der Waals surface area contributed by atoms with E-state index in [0.29, 0.717) is 26.1 Å². The van der Waals surface area contributed by atoms with Crippen LogP contribution in [0.15, 0.2) is 88.8 Å². The van der Waals surface area contributed by atoms with Crippen molar-refractivity contribution in [2.75, 3.05) is 13.2 Å². The molecule has 0 atom stereocenters. The van der Waals surface area contributed by atoms with E-state index in [1.54, 1.807) is 36.4 Å². The monoisotopic (exact) mass is 556 g/mol. The number of fused-ring (bicyclic) bond motifs is 1. The van der Waals surface area contributed by atoms with Crippen LogP contribution in [0, 0.1) is 18.7 Å². The Morgan fingerprint density at radius 1 is 1.00 bits per heavy atom. The summed E-state index contributed by atoms with van der Waals surface area (Å²) in [6, 6.07) is 16.3. The average molecular weight is 557 g/mol. The van der Waals surface area contributed by atoms with E-state index in [4.69, 9.17) is 8.92 Å². The number of hydrogen-bond donors (Lipinski definition) is 0. The largest absolute Gasteiger partial charge is 0.381 e. The molecule has 4 aromatic rings.